The van der Waals surface area contributed by atoms with E-state index in [1.165, 1.54) is 32.6 Å². The van der Waals surface area contributed by atoms with Gasteiger partial charge in [-0.25, -0.2) is 0 Å². The zero-order valence-corrected chi connectivity index (χ0v) is 13.7. The Morgan fingerprint density at radius 3 is 2.29 bits per heavy atom. The zero-order valence-electron chi connectivity index (χ0n) is 13.7. The van der Waals surface area contributed by atoms with Gasteiger partial charge in [0.15, 0.2) is 0 Å². The maximum Gasteiger partial charge on any atom is 0.0111 e. The monoisotopic (exact) mass is 288 g/mol. The molecule has 0 radical (unpaired) electrons. The van der Waals surface area contributed by atoms with Crippen LogP contribution >= 0.6 is 0 Å². The maximum absolute atomic E-state index is 3.60. The van der Waals surface area contributed by atoms with Gasteiger partial charge in [-0.15, -0.1) is 0 Å². The number of nitrogens with zero attached hydrogens (tertiary/aromatic N) is 1. The summed E-state index contributed by atoms with van der Waals surface area (Å²) < 4.78 is 0. The molecule has 2 aliphatic heterocycles. The van der Waals surface area contributed by atoms with Crippen LogP contribution in [0.1, 0.15) is 51.9 Å². The van der Waals surface area contributed by atoms with Crippen LogP contribution < -0.4 is 5.32 Å². The highest BCUT2D eigenvalue weighted by Crippen LogP contribution is 2.61. The van der Waals surface area contributed by atoms with E-state index in [2.05, 4.69) is 17.1 Å². The molecule has 2 nitrogen and oxygen atoms in total. The topological polar surface area (TPSA) is 15.3 Å². The van der Waals surface area contributed by atoms with Crippen molar-refractivity contribution >= 4 is 0 Å². The van der Waals surface area contributed by atoms with Gasteiger partial charge in [-0.1, -0.05) is 0 Å². The largest absolute Gasteiger partial charge is 0.316 e. The Morgan fingerprint density at radius 1 is 1.00 bits per heavy atom. The molecule has 4 bridgehead atoms. The SMILES string of the molecule is CC1C2CNCC2CN1CCC12CC3CC(CC(C3)C1)C2. The average molecular weight is 288 g/mol. The molecular formula is C19H32N2. The van der Waals surface area contributed by atoms with Gasteiger partial charge in [0.1, 0.15) is 0 Å². The van der Waals surface area contributed by atoms with Crippen molar-refractivity contribution in [2.24, 2.45) is 35.0 Å². The summed E-state index contributed by atoms with van der Waals surface area (Å²) in [6.07, 6.45) is 11.1. The second-order valence-electron chi connectivity index (χ2n) is 9.49. The number of rotatable bonds is 3. The fourth-order valence-electron chi connectivity index (χ4n) is 7.53. The number of hydrogen-bond donors (Lipinski definition) is 1. The van der Waals surface area contributed by atoms with Gasteiger partial charge in [0.25, 0.3) is 0 Å². The molecule has 0 aromatic heterocycles. The van der Waals surface area contributed by atoms with Crippen LogP contribution in [-0.4, -0.2) is 37.1 Å². The van der Waals surface area contributed by atoms with Crippen LogP contribution in [0.5, 0.6) is 0 Å². The third-order valence-electron chi connectivity index (χ3n) is 8.15. The van der Waals surface area contributed by atoms with E-state index in [-0.39, 0.29) is 0 Å². The Labute approximate surface area is 130 Å². The van der Waals surface area contributed by atoms with E-state index in [4.69, 9.17) is 0 Å². The normalized spacial score (nSPS) is 55.3. The van der Waals surface area contributed by atoms with Crippen LogP contribution in [0.3, 0.4) is 0 Å². The lowest BCUT2D eigenvalue weighted by molar-refractivity contribution is -0.0614. The quantitative estimate of drug-likeness (QED) is 0.858. The summed E-state index contributed by atoms with van der Waals surface area (Å²) in [5, 5.41) is 3.60. The fraction of sp³-hybridized carbons (Fsp3) is 1.00. The summed E-state index contributed by atoms with van der Waals surface area (Å²) in [4.78, 5) is 2.86. The Morgan fingerprint density at radius 2 is 1.67 bits per heavy atom. The van der Waals surface area contributed by atoms with Crippen molar-refractivity contribution in [3.63, 3.8) is 0 Å². The molecular weight excluding hydrogens is 256 g/mol. The van der Waals surface area contributed by atoms with Crippen molar-refractivity contribution in [1.82, 2.24) is 10.2 Å². The first-order chi connectivity index (χ1) is 10.2. The number of hydrogen-bond acceptors (Lipinski definition) is 2. The second-order valence-corrected chi connectivity index (χ2v) is 9.49. The van der Waals surface area contributed by atoms with E-state index in [1.54, 1.807) is 38.5 Å². The third kappa shape index (κ3) is 2.12. The molecule has 6 rings (SSSR count). The second kappa shape index (κ2) is 4.71. The van der Waals surface area contributed by atoms with E-state index in [0.717, 1.165) is 41.0 Å². The first kappa shape index (κ1) is 13.4. The number of nitrogens with one attached hydrogen (secondary N) is 1. The minimum Gasteiger partial charge on any atom is -0.316 e. The molecule has 3 atom stereocenters. The maximum atomic E-state index is 3.60. The summed E-state index contributed by atoms with van der Waals surface area (Å²) in [6.45, 7) is 7.84. The molecule has 3 unspecified atom stereocenters. The van der Waals surface area contributed by atoms with Crippen molar-refractivity contribution in [2.75, 3.05) is 26.2 Å². The highest BCUT2D eigenvalue weighted by atomic mass is 15.2. The van der Waals surface area contributed by atoms with Crippen molar-refractivity contribution < 1.29 is 0 Å². The summed E-state index contributed by atoms with van der Waals surface area (Å²) in [6, 6.07) is 0.832. The van der Waals surface area contributed by atoms with Gasteiger partial charge in [0, 0.05) is 12.6 Å². The van der Waals surface area contributed by atoms with E-state index >= 15 is 0 Å². The average Bonchev–Trinajstić information content (AvgIpc) is 2.99. The molecule has 2 saturated heterocycles. The van der Waals surface area contributed by atoms with Crippen LogP contribution in [0, 0.1) is 35.0 Å². The lowest BCUT2D eigenvalue weighted by atomic mass is 9.49. The lowest BCUT2D eigenvalue weighted by Gasteiger charge is -2.57. The minimum absolute atomic E-state index is 0.782. The van der Waals surface area contributed by atoms with Gasteiger partial charge >= 0.3 is 0 Å². The number of fused-ring (bicyclic) bond motifs is 1. The van der Waals surface area contributed by atoms with Crippen LogP contribution in [-0.2, 0) is 0 Å². The van der Waals surface area contributed by atoms with Crippen LogP contribution in [0.2, 0.25) is 0 Å². The highest BCUT2D eigenvalue weighted by Gasteiger charge is 2.51. The van der Waals surface area contributed by atoms with Gasteiger partial charge in [0.05, 0.1) is 0 Å². The molecule has 0 aromatic carbocycles. The zero-order chi connectivity index (χ0) is 14.0. The van der Waals surface area contributed by atoms with Crippen molar-refractivity contribution in [3.8, 4) is 0 Å². The Balaban J connectivity index is 1.25. The van der Waals surface area contributed by atoms with Gasteiger partial charge in [-0.3, -0.25) is 4.90 Å². The van der Waals surface area contributed by atoms with E-state index in [1.807, 2.05) is 0 Å². The molecule has 6 fully saturated rings. The molecule has 21 heavy (non-hydrogen) atoms. The summed E-state index contributed by atoms with van der Waals surface area (Å²) >= 11 is 0. The Bertz CT molecular complexity index is 383. The molecule has 4 saturated carbocycles. The third-order valence-corrected chi connectivity index (χ3v) is 8.15. The standard InChI is InChI=1S/C19H32N2/c1-13-18-11-20-10-17(18)12-21(13)3-2-19-7-14-4-15(8-19)6-16(5-14)9-19/h13-18,20H,2-12H2,1H3. The Hall–Kier alpha value is -0.0800. The molecule has 118 valence electrons. The van der Waals surface area contributed by atoms with Gasteiger partial charge in [-0.05, 0) is 107 Å². The van der Waals surface area contributed by atoms with Crippen molar-refractivity contribution in [3.05, 3.63) is 0 Å². The molecule has 2 heterocycles. The summed E-state index contributed by atoms with van der Waals surface area (Å²) in [5.41, 5.74) is 0.782. The van der Waals surface area contributed by atoms with E-state index < -0.39 is 0 Å². The molecule has 0 spiro atoms. The van der Waals surface area contributed by atoms with Crippen LogP contribution in [0.25, 0.3) is 0 Å². The Kier molecular flexibility index (Phi) is 3.00. The fourth-order valence-corrected chi connectivity index (χ4v) is 7.53. The summed E-state index contributed by atoms with van der Waals surface area (Å²) in [7, 11) is 0. The molecule has 4 aliphatic carbocycles. The van der Waals surface area contributed by atoms with Gasteiger partial charge in [-0.2, -0.15) is 0 Å². The van der Waals surface area contributed by atoms with E-state index in [9.17, 15) is 0 Å². The van der Waals surface area contributed by atoms with Crippen LogP contribution in [0.15, 0.2) is 0 Å². The molecule has 6 aliphatic rings. The predicted octanol–water partition coefficient (Wildman–Crippen LogP) is 3.13. The summed E-state index contributed by atoms with van der Waals surface area (Å²) in [5.74, 6) is 5.26. The molecule has 0 amide bonds. The van der Waals surface area contributed by atoms with E-state index in [0.29, 0.717) is 0 Å². The van der Waals surface area contributed by atoms with Gasteiger partial charge in [0.2, 0.25) is 0 Å². The minimum atomic E-state index is 0.782. The molecule has 0 aromatic rings. The first-order valence-corrected chi connectivity index (χ1v) is 9.65. The van der Waals surface area contributed by atoms with Crippen molar-refractivity contribution in [1.29, 1.82) is 0 Å². The van der Waals surface area contributed by atoms with Gasteiger partial charge < -0.3 is 5.32 Å². The molecule has 2 heteroatoms. The van der Waals surface area contributed by atoms with Crippen LogP contribution in [0.4, 0.5) is 0 Å². The smallest absolute Gasteiger partial charge is 0.0111 e. The predicted molar refractivity (Wildman–Crippen MR) is 86.1 cm³/mol. The molecule has 1 N–H and O–H groups in total. The highest BCUT2D eigenvalue weighted by molar-refractivity contribution is 5.03. The van der Waals surface area contributed by atoms with Crippen molar-refractivity contribution in [2.45, 2.75) is 57.9 Å². The first-order valence-electron chi connectivity index (χ1n) is 9.65. The lowest BCUT2D eigenvalue weighted by Crippen LogP contribution is -2.47. The number of likely N-dealkylation sites (tertiary alicyclic amines) is 1.